The van der Waals surface area contributed by atoms with Crippen molar-refractivity contribution >= 4 is 0 Å². The molecule has 2 N–H and O–H groups in total. The zero-order valence-electron chi connectivity index (χ0n) is 11.7. The van der Waals surface area contributed by atoms with Crippen LogP contribution in [0.25, 0.3) is 0 Å². The summed E-state index contributed by atoms with van der Waals surface area (Å²) in [6.07, 6.45) is 2.18. The van der Waals surface area contributed by atoms with E-state index in [1.807, 2.05) is 6.07 Å². The van der Waals surface area contributed by atoms with Gasteiger partial charge >= 0.3 is 0 Å². The second-order valence-electron chi connectivity index (χ2n) is 4.94. The van der Waals surface area contributed by atoms with Gasteiger partial charge in [0.15, 0.2) is 0 Å². The van der Waals surface area contributed by atoms with Crippen LogP contribution in [0, 0.1) is 23.6 Å². The monoisotopic (exact) mass is 263 g/mol. The standard InChI is InChI=1S/C16H22FNO/c1-13(2)5-4-8-19-12-15-9-14(6-3-7-18)10-16(17)11-15/h9-11,13H,4-5,7-8,12,18H2,1-2H3. The van der Waals surface area contributed by atoms with E-state index in [-0.39, 0.29) is 12.4 Å². The highest BCUT2D eigenvalue weighted by atomic mass is 19.1. The number of nitrogens with two attached hydrogens (primary N) is 1. The molecule has 0 fully saturated rings. The van der Waals surface area contributed by atoms with Crippen LogP contribution in [-0.4, -0.2) is 13.2 Å². The van der Waals surface area contributed by atoms with Crippen LogP contribution >= 0.6 is 0 Å². The first-order chi connectivity index (χ1) is 9.11. The highest BCUT2D eigenvalue weighted by Gasteiger charge is 2.00. The molecule has 0 aliphatic rings. The van der Waals surface area contributed by atoms with E-state index in [0.717, 1.165) is 18.4 Å². The summed E-state index contributed by atoms with van der Waals surface area (Å²) >= 11 is 0. The van der Waals surface area contributed by atoms with Crippen molar-refractivity contribution < 1.29 is 9.13 Å². The van der Waals surface area contributed by atoms with E-state index in [1.165, 1.54) is 12.1 Å². The Hall–Kier alpha value is -1.37. The molecule has 1 aromatic carbocycles. The zero-order valence-corrected chi connectivity index (χ0v) is 11.7. The minimum Gasteiger partial charge on any atom is -0.377 e. The average Bonchev–Trinajstić information content (AvgIpc) is 2.35. The summed E-state index contributed by atoms with van der Waals surface area (Å²) < 4.78 is 18.9. The molecule has 0 radical (unpaired) electrons. The quantitative estimate of drug-likeness (QED) is 0.632. The third-order valence-corrected chi connectivity index (χ3v) is 2.63. The fraction of sp³-hybridized carbons (Fsp3) is 0.500. The Balaban J connectivity index is 2.47. The molecule has 0 aliphatic heterocycles. The molecule has 0 heterocycles. The van der Waals surface area contributed by atoms with Crippen LogP contribution in [0.5, 0.6) is 0 Å². The lowest BCUT2D eigenvalue weighted by molar-refractivity contribution is 0.114. The minimum absolute atomic E-state index is 0.275. The van der Waals surface area contributed by atoms with Gasteiger partial charge in [-0.2, -0.15) is 0 Å². The lowest BCUT2D eigenvalue weighted by atomic mass is 10.1. The van der Waals surface area contributed by atoms with Crippen molar-refractivity contribution in [1.82, 2.24) is 0 Å². The Morgan fingerprint density at radius 1 is 1.32 bits per heavy atom. The highest BCUT2D eigenvalue weighted by Crippen LogP contribution is 2.10. The Morgan fingerprint density at radius 2 is 2.11 bits per heavy atom. The Bertz CT molecular complexity index is 446. The lowest BCUT2D eigenvalue weighted by Crippen LogP contribution is -1.99. The van der Waals surface area contributed by atoms with Gasteiger partial charge in [-0.25, -0.2) is 4.39 Å². The summed E-state index contributed by atoms with van der Waals surface area (Å²) in [5, 5.41) is 0. The van der Waals surface area contributed by atoms with Crippen LogP contribution in [0.3, 0.4) is 0 Å². The minimum atomic E-state index is -0.287. The van der Waals surface area contributed by atoms with Gasteiger partial charge < -0.3 is 10.5 Å². The number of rotatable bonds is 6. The van der Waals surface area contributed by atoms with Crippen molar-refractivity contribution in [3.63, 3.8) is 0 Å². The van der Waals surface area contributed by atoms with Crippen molar-refractivity contribution in [2.45, 2.75) is 33.3 Å². The van der Waals surface area contributed by atoms with Crippen LogP contribution in [0.1, 0.15) is 37.8 Å². The third kappa shape index (κ3) is 6.95. The fourth-order valence-electron chi connectivity index (χ4n) is 1.74. The van der Waals surface area contributed by atoms with Gasteiger partial charge in [0.1, 0.15) is 5.82 Å². The van der Waals surface area contributed by atoms with Gasteiger partial charge in [-0.05, 0) is 42.5 Å². The molecule has 0 saturated carbocycles. The third-order valence-electron chi connectivity index (χ3n) is 2.63. The molecule has 0 aromatic heterocycles. The second kappa shape index (κ2) is 8.68. The van der Waals surface area contributed by atoms with E-state index >= 15 is 0 Å². The van der Waals surface area contributed by atoms with Gasteiger partial charge in [0.25, 0.3) is 0 Å². The Kier molecular flexibility index (Phi) is 7.17. The van der Waals surface area contributed by atoms with E-state index in [1.54, 1.807) is 0 Å². The molecular weight excluding hydrogens is 241 g/mol. The first kappa shape index (κ1) is 15.7. The second-order valence-corrected chi connectivity index (χ2v) is 4.94. The van der Waals surface area contributed by atoms with Crippen molar-refractivity contribution in [2.75, 3.05) is 13.2 Å². The molecule has 0 amide bonds. The van der Waals surface area contributed by atoms with Gasteiger partial charge in [-0.15, -0.1) is 0 Å². The number of hydrogen-bond acceptors (Lipinski definition) is 2. The molecule has 0 atom stereocenters. The molecule has 104 valence electrons. The van der Waals surface area contributed by atoms with E-state index in [4.69, 9.17) is 10.5 Å². The van der Waals surface area contributed by atoms with Crippen LogP contribution in [-0.2, 0) is 11.3 Å². The van der Waals surface area contributed by atoms with Crippen molar-refractivity contribution in [3.8, 4) is 11.8 Å². The molecule has 0 bridgehead atoms. The molecule has 0 aliphatic carbocycles. The normalized spacial score (nSPS) is 10.4. The van der Waals surface area contributed by atoms with Gasteiger partial charge in [-0.1, -0.05) is 25.7 Å². The number of benzene rings is 1. The maximum atomic E-state index is 13.4. The number of ether oxygens (including phenoxy) is 1. The topological polar surface area (TPSA) is 35.2 Å². The molecule has 1 rings (SSSR count). The summed E-state index contributed by atoms with van der Waals surface area (Å²) in [5.41, 5.74) is 6.75. The number of halogens is 1. The SMILES string of the molecule is CC(C)CCCOCc1cc(F)cc(C#CCN)c1. The Morgan fingerprint density at radius 3 is 2.79 bits per heavy atom. The van der Waals surface area contributed by atoms with Crippen molar-refractivity contribution in [1.29, 1.82) is 0 Å². The maximum Gasteiger partial charge on any atom is 0.124 e. The van der Waals surface area contributed by atoms with Crippen LogP contribution in [0.2, 0.25) is 0 Å². The molecule has 0 spiro atoms. The number of hydrogen-bond donors (Lipinski definition) is 1. The summed E-state index contributed by atoms with van der Waals surface area (Å²) in [7, 11) is 0. The van der Waals surface area contributed by atoms with E-state index in [9.17, 15) is 4.39 Å². The summed E-state index contributed by atoms with van der Waals surface area (Å²) in [5.74, 6) is 5.95. The highest BCUT2D eigenvalue weighted by molar-refractivity contribution is 5.37. The summed E-state index contributed by atoms with van der Waals surface area (Å²) in [6, 6.07) is 4.73. The fourth-order valence-corrected chi connectivity index (χ4v) is 1.74. The summed E-state index contributed by atoms with van der Waals surface area (Å²) in [4.78, 5) is 0. The van der Waals surface area contributed by atoms with Gasteiger partial charge in [-0.3, -0.25) is 0 Å². The lowest BCUT2D eigenvalue weighted by Gasteiger charge is -2.07. The largest absolute Gasteiger partial charge is 0.377 e. The van der Waals surface area contributed by atoms with E-state index in [2.05, 4.69) is 25.7 Å². The Labute approximate surface area is 115 Å². The molecule has 19 heavy (non-hydrogen) atoms. The van der Waals surface area contributed by atoms with Crippen LogP contribution in [0.4, 0.5) is 4.39 Å². The van der Waals surface area contributed by atoms with Crippen molar-refractivity contribution in [2.24, 2.45) is 11.7 Å². The van der Waals surface area contributed by atoms with Gasteiger partial charge in [0.2, 0.25) is 0 Å². The molecular formula is C16H22FNO. The maximum absolute atomic E-state index is 13.4. The predicted octanol–water partition coefficient (Wildman–Crippen LogP) is 3.09. The molecule has 0 unspecified atom stereocenters. The van der Waals surface area contributed by atoms with Crippen LogP contribution in [0.15, 0.2) is 18.2 Å². The van der Waals surface area contributed by atoms with Gasteiger partial charge in [0, 0.05) is 12.2 Å². The van der Waals surface area contributed by atoms with Crippen molar-refractivity contribution in [3.05, 3.63) is 35.1 Å². The smallest absolute Gasteiger partial charge is 0.124 e. The predicted molar refractivity (Wildman–Crippen MR) is 76.1 cm³/mol. The first-order valence-electron chi connectivity index (χ1n) is 6.68. The molecule has 3 heteroatoms. The van der Waals surface area contributed by atoms with E-state index in [0.29, 0.717) is 24.7 Å². The molecule has 2 nitrogen and oxygen atoms in total. The van der Waals surface area contributed by atoms with Crippen LogP contribution < -0.4 is 5.73 Å². The van der Waals surface area contributed by atoms with Gasteiger partial charge in [0.05, 0.1) is 13.2 Å². The van der Waals surface area contributed by atoms with E-state index < -0.39 is 0 Å². The zero-order chi connectivity index (χ0) is 14.1. The summed E-state index contributed by atoms with van der Waals surface area (Å²) in [6.45, 7) is 5.78. The molecule has 1 aromatic rings. The first-order valence-corrected chi connectivity index (χ1v) is 6.68. The molecule has 0 saturated heterocycles. The average molecular weight is 263 g/mol.